The van der Waals surface area contributed by atoms with Gasteiger partial charge in [-0.2, -0.15) is 4.98 Å². The fraction of sp³-hybridized carbons (Fsp3) is 0.846. The van der Waals surface area contributed by atoms with Crippen LogP contribution in [0.5, 0.6) is 0 Å². The van der Waals surface area contributed by atoms with Crippen LogP contribution in [0, 0.1) is 5.92 Å². The first-order chi connectivity index (χ1) is 8.83. The van der Waals surface area contributed by atoms with E-state index in [0.717, 1.165) is 24.1 Å². The number of rotatable bonds is 7. The van der Waals surface area contributed by atoms with E-state index in [9.17, 15) is 0 Å². The molecule has 1 atom stereocenters. The van der Waals surface area contributed by atoms with Crippen LogP contribution in [-0.2, 0) is 17.6 Å². The molecule has 0 saturated heterocycles. The Morgan fingerprint density at radius 2 is 2.22 bits per heavy atom. The molecule has 0 bridgehead atoms. The number of nitrogens with zero attached hydrogens (tertiary/aromatic N) is 2. The van der Waals surface area contributed by atoms with Gasteiger partial charge in [0.25, 0.3) is 0 Å². The smallest absolute Gasteiger partial charge is 0.228 e. The van der Waals surface area contributed by atoms with Gasteiger partial charge in [-0.25, -0.2) is 0 Å². The average Bonchev–Trinajstić information content (AvgIpc) is 3.04. The third kappa shape index (κ3) is 3.53. The summed E-state index contributed by atoms with van der Waals surface area (Å²) in [7, 11) is 3.70. The van der Waals surface area contributed by atoms with E-state index in [2.05, 4.69) is 15.5 Å². The quantitative estimate of drug-likeness (QED) is 0.799. The Morgan fingerprint density at radius 3 is 2.89 bits per heavy atom. The molecule has 0 amide bonds. The highest BCUT2D eigenvalue weighted by Crippen LogP contribution is 2.28. The van der Waals surface area contributed by atoms with E-state index in [1.165, 1.54) is 25.7 Å². The monoisotopic (exact) mass is 253 g/mol. The van der Waals surface area contributed by atoms with Crippen LogP contribution in [0.4, 0.5) is 0 Å². The molecule has 0 aliphatic heterocycles. The lowest BCUT2D eigenvalue weighted by atomic mass is 9.95. The van der Waals surface area contributed by atoms with Crippen molar-refractivity contribution in [3.05, 3.63) is 11.7 Å². The molecule has 1 N–H and O–H groups in total. The van der Waals surface area contributed by atoms with Crippen LogP contribution in [0.3, 0.4) is 0 Å². The summed E-state index contributed by atoms with van der Waals surface area (Å²) in [5, 5.41) is 7.37. The van der Waals surface area contributed by atoms with Crippen molar-refractivity contribution in [2.24, 2.45) is 5.92 Å². The lowest BCUT2D eigenvalue weighted by molar-refractivity contribution is 0.199. The summed E-state index contributed by atoms with van der Waals surface area (Å²) in [6.07, 6.45) is 6.89. The summed E-state index contributed by atoms with van der Waals surface area (Å²) in [5.41, 5.74) is 0. The normalized spacial score (nSPS) is 18.3. The Bertz CT molecular complexity index is 348. The van der Waals surface area contributed by atoms with E-state index in [0.29, 0.717) is 19.1 Å². The molecule has 0 radical (unpaired) electrons. The van der Waals surface area contributed by atoms with E-state index >= 15 is 0 Å². The van der Waals surface area contributed by atoms with E-state index < -0.39 is 0 Å². The number of aromatic nitrogens is 2. The molecule has 102 valence electrons. The second kappa shape index (κ2) is 6.85. The minimum Gasteiger partial charge on any atom is -0.384 e. The summed E-state index contributed by atoms with van der Waals surface area (Å²) >= 11 is 0. The maximum atomic E-state index is 5.30. The predicted octanol–water partition coefficient (Wildman–Crippen LogP) is 1.58. The van der Waals surface area contributed by atoms with Crippen LogP contribution in [-0.4, -0.2) is 36.9 Å². The van der Waals surface area contributed by atoms with Crippen molar-refractivity contribution in [3.63, 3.8) is 0 Å². The average molecular weight is 253 g/mol. The van der Waals surface area contributed by atoms with E-state index in [1.54, 1.807) is 7.11 Å². The van der Waals surface area contributed by atoms with Gasteiger partial charge in [-0.15, -0.1) is 0 Å². The highest BCUT2D eigenvalue weighted by molar-refractivity contribution is 4.92. The predicted molar refractivity (Wildman–Crippen MR) is 68.4 cm³/mol. The zero-order chi connectivity index (χ0) is 12.8. The topological polar surface area (TPSA) is 60.2 Å². The molecule has 1 fully saturated rings. The molecule has 5 nitrogen and oxygen atoms in total. The summed E-state index contributed by atoms with van der Waals surface area (Å²) in [5.74, 6) is 2.24. The number of likely N-dealkylation sites (N-methyl/N-ethyl adjacent to an activating group) is 1. The molecule has 1 aliphatic carbocycles. The fourth-order valence-electron chi connectivity index (χ4n) is 2.72. The number of nitrogens with one attached hydrogen (secondary N) is 1. The first-order valence-electron chi connectivity index (χ1n) is 6.81. The van der Waals surface area contributed by atoms with Gasteiger partial charge >= 0.3 is 0 Å². The van der Waals surface area contributed by atoms with Gasteiger partial charge in [0.15, 0.2) is 5.82 Å². The SMILES string of the molecule is CNC(Cc1nc(CCOC)no1)C1CCCC1. The molecule has 2 rings (SSSR count). The summed E-state index contributed by atoms with van der Waals surface area (Å²) in [6.45, 7) is 0.636. The number of ether oxygens (including phenoxy) is 1. The Morgan fingerprint density at radius 1 is 1.44 bits per heavy atom. The zero-order valence-corrected chi connectivity index (χ0v) is 11.3. The van der Waals surface area contributed by atoms with E-state index in [-0.39, 0.29) is 0 Å². The zero-order valence-electron chi connectivity index (χ0n) is 11.3. The third-order valence-electron chi connectivity index (χ3n) is 3.77. The van der Waals surface area contributed by atoms with Crippen molar-refractivity contribution in [2.75, 3.05) is 20.8 Å². The molecule has 1 aromatic heterocycles. The van der Waals surface area contributed by atoms with Gasteiger partial charge in [-0.3, -0.25) is 0 Å². The Hall–Kier alpha value is -0.940. The lowest BCUT2D eigenvalue weighted by Gasteiger charge is -2.20. The van der Waals surface area contributed by atoms with Crippen molar-refractivity contribution in [2.45, 2.75) is 44.6 Å². The van der Waals surface area contributed by atoms with Gasteiger partial charge in [0, 0.05) is 26.0 Å². The van der Waals surface area contributed by atoms with E-state index in [1.807, 2.05) is 7.05 Å². The second-order valence-corrected chi connectivity index (χ2v) is 4.99. The van der Waals surface area contributed by atoms with Crippen molar-refractivity contribution in [3.8, 4) is 0 Å². The molecular weight excluding hydrogens is 230 g/mol. The van der Waals surface area contributed by atoms with Crippen LogP contribution in [0.25, 0.3) is 0 Å². The van der Waals surface area contributed by atoms with Gasteiger partial charge in [0.05, 0.1) is 6.61 Å². The minimum atomic E-state index is 0.461. The molecular formula is C13H23N3O2. The van der Waals surface area contributed by atoms with Crippen LogP contribution in [0.2, 0.25) is 0 Å². The molecule has 0 spiro atoms. The maximum Gasteiger partial charge on any atom is 0.228 e. The Labute approximate surface area is 108 Å². The highest BCUT2D eigenvalue weighted by atomic mass is 16.5. The van der Waals surface area contributed by atoms with Crippen LogP contribution >= 0.6 is 0 Å². The maximum absolute atomic E-state index is 5.30. The molecule has 1 aromatic rings. The first-order valence-corrected chi connectivity index (χ1v) is 6.81. The molecule has 1 unspecified atom stereocenters. The summed E-state index contributed by atoms with van der Waals surface area (Å²) in [6, 6.07) is 0.461. The van der Waals surface area contributed by atoms with Gasteiger partial charge < -0.3 is 14.6 Å². The molecule has 1 heterocycles. The van der Waals surface area contributed by atoms with Gasteiger partial charge in [-0.05, 0) is 25.8 Å². The van der Waals surface area contributed by atoms with E-state index in [4.69, 9.17) is 9.26 Å². The van der Waals surface area contributed by atoms with Crippen molar-refractivity contribution in [1.82, 2.24) is 15.5 Å². The molecule has 1 saturated carbocycles. The van der Waals surface area contributed by atoms with Crippen LogP contribution < -0.4 is 5.32 Å². The van der Waals surface area contributed by atoms with Crippen molar-refractivity contribution >= 4 is 0 Å². The fourth-order valence-corrected chi connectivity index (χ4v) is 2.72. The van der Waals surface area contributed by atoms with Crippen LogP contribution in [0.1, 0.15) is 37.4 Å². The summed E-state index contributed by atoms with van der Waals surface area (Å²) in [4.78, 5) is 4.41. The molecule has 1 aliphatic rings. The molecule has 18 heavy (non-hydrogen) atoms. The second-order valence-electron chi connectivity index (χ2n) is 4.99. The van der Waals surface area contributed by atoms with Crippen molar-refractivity contribution < 1.29 is 9.26 Å². The first kappa shape index (κ1) is 13.5. The number of hydrogen-bond donors (Lipinski definition) is 1. The van der Waals surface area contributed by atoms with Crippen molar-refractivity contribution in [1.29, 1.82) is 0 Å². The Kier molecular flexibility index (Phi) is 5.13. The molecule has 5 heteroatoms. The van der Waals surface area contributed by atoms with Crippen LogP contribution in [0.15, 0.2) is 4.52 Å². The Balaban J connectivity index is 1.88. The molecule has 0 aromatic carbocycles. The lowest BCUT2D eigenvalue weighted by Crippen LogP contribution is -2.34. The number of hydrogen-bond acceptors (Lipinski definition) is 5. The van der Waals surface area contributed by atoms with Gasteiger partial charge in [0.2, 0.25) is 5.89 Å². The largest absolute Gasteiger partial charge is 0.384 e. The third-order valence-corrected chi connectivity index (χ3v) is 3.77. The minimum absolute atomic E-state index is 0.461. The number of methoxy groups -OCH3 is 1. The van der Waals surface area contributed by atoms with Gasteiger partial charge in [0.1, 0.15) is 0 Å². The van der Waals surface area contributed by atoms with Gasteiger partial charge in [-0.1, -0.05) is 18.0 Å². The highest BCUT2D eigenvalue weighted by Gasteiger charge is 2.25. The summed E-state index contributed by atoms with van der Waals surface area (Å²) < 4.78 is 10.3. The standard InChI is InChI=1S/C13H23N3O2/c1-14-11(10-5-3-4-6-10)9-13-15-12(16-18-13)7-8-17-2/h10-11,14H,3-9H2,1-2H3.